The van der Waals surface area contributed by atoms with Crippen LogP contribution in [0.2, 0.25) is 0 Å². The number of nitrogens with one attached hydrogen (secondary N) is 1. The summed E-state index contributed by atoms with van der Waals surface area (Å²) < 4.78 is 0. The van der Waals surface area contributed by atoms with Crippen molar-refractivity contribution < 1.29 is 0 Å². The maximum absolute atomic E-state index is 8.75. The molecule has 1 aromatic carbocycles. The van der Waals surface area contributed by atoms with Crippen LogP contribution in [0.15, 0.2) is 24.5 Å². The number of hydrogen-bond donors (Lipinski definition) is 1. The van der Waals surface area contributed by atoms with E-state index in [0.29, 0.717) is 6.54 Å². The van der Waals surface area contributed by atoms with E-state index >= 15 is 0 Å². The average Bonchev–Trinajstić information content (AvgIpc) is 2.35. The molecular weight excluding hydrogens is 212 g/mol. The van der Waals surface area contributed by atoms with Gasteiger partial charge in [-0.15, -0.1) is 0 Å². The molecule has 1 N–H and O–H groups in total. The van der Waals surface area contributed by atoms with E-state index in [2.05, 4.69) is 27.4 Å². The van der Waals surface area contributed by atoms with Crippen LogP contribution in [-0.4, -0.2) is 16.5 Å². The number of aryl methyl sites for hydroxylation is 1. The molecule has 1 heterocycles. The molecule has 17 heavy (non-hydrogen) atoms. The van der Waals surface area contributed by atoms with Crippen molar-refractivity contribution in [2.24, 2.45) is 5.92 Å². The second kappa shape index (κ2) is 4.79. The molecule has 1 aromatic heterocycles. The lowest BCUT2D eigenvalue weighted by molar-refractivity contribution is 0.783. The highest BCUT2D eigenvalue weighted by Crippen LogP contribution is 2.20. The van der Waals surface area contributed by atoms with Crippen molar-refractivity contribution in [3.8, 4) is 6.07 Å². The Bertz CT molecular complexity index is 571. The summed E-state index contributed by atoms with van der Waals surface area (Å²) in [6.45, 7) is 4.51. The lowest BCUT2D eigenvalue weighted by Crippen LogP contribution is -2.10. The van der Waals surface area contributed by atoms with Gasteiger partial charge in [0.2, 0.25) is 0 Å². The lowest BCUT2D eigenvalue weighted by atomic mass is 10.1. The SMILES string of the molecule is Cc1ccc2ncnc(NCC(C)C#N)c2c1. The molecular formula is C13H14N4. The summed E-state index contributed by atoms with van der Waals surface area (Å²) in [4.78, 5) is 8.44. The Morgan fingerprint density at radius 3 is 3.00 bits per heavy atom. The molecule has 0 saturated heterocycles. The van der Waals surface area contributed by atoms with Crippen LogP contribution in [-0.2, 0) is 0 Å². The molecule has 1 unspecified atom stereocenters. The number of hydrogen-bond acceptors (Lipinski definition) is 4. The summed E-state index contributed by atoms with van der Waals surface area (Å²) >= 11 is 0. The Hall–Kier alpha value is -2.15. The van der Waals surface area contributed by atoms with E-state index in [1.54, 1.807) is 0 Å². The zero-order valence-corrected chi connectivity index (χ0v) is 9.94. The lowest BCUT2D eigenvalue weighted by Gasteiger charge is -2.09. The molecule has 0 amide bonds. The second-order valence-electron chi connectivity index (χ2n) is 4.15. The molecule has 2 aromatic rings. The van der Waals surface area contributed by atoms with Gasteiger partial charge in [-0.05, 0) is 26.0 Å². The molecule has 0 fully saturated rings. The number of aromatic nitrogens is 2. The summed E-state index contributed by atoms with van der Waals surface area (Å²) in [7, 11) is 0. The van der Waals surface area contributed by atoms with Crippen molar-refractivity contribution in [2.45, 2.75) is 13.8 Å². The van der Waals surface area contributed by atoms with E-state index in [1.165, 1.54) is 11.9 Å². The third-order valence-corrected chi connectivity index (χ3v) is 2.59. The monoisotopic (exact) mass is 226 g/mol. The fraction of sp³-hybridized carbons (Fsp3) is 0.308. The van der Waals surface area contributed by atoms with Crippen LogP contribution in [0.5, 0.6) is 0 Å². The molecule has 0 aliphatic carbocycles. The van der Waals surface area contributed by atoms with Crippen molar-refractivity contribution in [1.82, 2.24) is 9.97 Å². The van der Waals surface area contributed by atoms with Crippen molar-refractivity contribution in [1.29, 1.82) is 5.26 Å². The van der Waals surface area contributed by atoms with Gasteiger partial charge in [-0.25, -0.2) is 9.97 Å². The number of rotatable bonds is 3. The smallest absolute Gasteiger partial charge is 0.137 e. The van der Waals surface area contributed by atoms with Gasteiger partial charge in [0.15, 0.2) is 0 Å². The number of benzene rings is 1. The number of fused-ring (bicyclic) bond motifs is 1. The molecule has 0 spiro atoms. The van der Waals surface area contributed by atoms with Crippen molar-refractivity contribution in [2.75, 3.05) is 11.9 Å². The van der Waals surface area contributed by atoms with E-state index in [4.69, 9.17) is 5.26 Å². The van der Waals surface area contributed by atoms with E-state index in [0.717, 1.165) is 16.7 Å². The van der Waals surface area contributed by atoms with Gasteiger partial charge in [-0.3, -0.25) is 0 Å². The van der Waals surface area contributed by atoms with Crippen LogP contribution in [0.1, 0.15) is 12.5 Å². The van der Waals surface area contributed by atoms with Crippen LogP contribution in [0.3, 0.4) is 0 Å². The second-order valence-corrected chi connectivity index (χ2v) is 4.15. The Morgan fingerprint density at radius 2 is 2.24 bits per heavy atom. The minimum absolute atomic E-state index is 0.0372. The summed E-state index contributed by atoms with van der Waals surface area (Å²) in [6.07, 6.45) is 1.54. The fourth-order valence-electron chi connectivity index (χ4n) is 1.61. The van der Waals surface area contributed by atoms with Gasteiger partial charge in [0.1, 0.15) is 12.1 Å². The largest absolute Gasteiger partial charge is 0.368 e. The van der Waals surface area contributed by atoms with E-state index in [1.807, 2.05) is 26.0 Å². The maximum Gasteiger partial charge on any atom is 0.137 e. The zero-order chi connectivity index (χ0) is 12.3. The summed E-state index contributed by atoms with van der Waals surface area (Å²) in [6, 6.07) is 8.24. The molecule has 0 aliphatic rings. The predicted octanol–water partition coefficient (Wildman–Crippen LogP) is 2.51. The van der Waals surface area contributed by atoms with E-state index in [-0.39, 0.29) is 5.92 Å². The molecule has 0 aliphatic heterocycles. The fourth-order valence-corrected chi connectivity index (χ4v) is 1.61. The first-order chi connectivity index (χ1) is 8.20. The van der Waals surface area contributed by atoms with Crippen LogP contribution in [0.25, 0.3) is 10.9 Å². The molecule has 86 valence electrons. The van der Waals surface area contributed by atoms with Crippen molar-refractivity contribution in [3.63, 3.8) is 0 Å². The molecule has 4 heteroatoms. The highest BCUT2D eigenvalue weighted by molar-refractivity contribution is 5.89. The first-order valence-electron chi connectivity index (χ1n) is 5.55. The van der Waals surface area contributed by atoms with Crippen LogP contribution < -0.4 is 5.32 Å². The average molecular weight is 226 g/mol. The van der Waals surface area contributed by atoms with E-state index < -0.39 is 0 Å². The molecule has 4 nitrogen and oxygen atoms in total. The Labute approximate surface area is 100 Å². The zero-order valence-electron chi connectivity index (χ0n) is 9.94. The van der Waals surface area contributed by atoms with Gasteiger partial charge < -0.3 is 5.32 Å². The summed E-state index contributed by atoms with van der Waals surface area (Å²) in [5.41, 5.74) is 2.08. The predicted molar refractivity (Wildman–Crippen MR) is 67.5 cm³/mol. The highest BCUT2D eigenvalue weighted by atomic mass is 15.0. The minimum Gasteiger partial charge on any atom is -0.368 e. The number of nitriles is 1. The summed E-state index contributed by atoms with van der Waals surface area (Å²) in [5.74, 6) is 0.755. The molecule has 1 atom stereocenters. The van der Waals surface area contributed by atoms with Crippen molar-refractivity contribution >= 4 is 16.7 Å². The van der Waals surface area contributed by atoms with Gasteiger partial charge >= 0.3 is 0 Å². The molecule has 2 rings (SSSR count). The number of anilines is 1. The van der Waals surface area contributed by atoms with Crippen LogP contribution >= 0.6 is 0 Å². The van der Waals surface area contributed by atoms with Crippen molar-refractivity contribution in [3.05, 3.63) is 30.1 Å². The Kier molecular flexibility index (Phi) is 3.20. The highest BCUT2D eigenvalue weighted by Gasteiger charge is 2.05. The normalized spacial score (nSPS) is 12.1. The van der Waals surface area contributed by atoms with Gasteiger partial charge in [-0.2, -0.15) is 5.26 Å². The van der Waals surface area contributed by atoms with Crippen LogP contribution in [0, 0.1) is 24.2 Å². The first kappa shape index (κ1) is 11.3. The van der Waals surface area contributed by atoms with Gasteiger partial charge in [0.25, 0.3) is 0 Å². The van der Waals surface area contributed by atoms with Gasteiger partial charge in [0, 0.05) is 11.9 Å². The topological polar surface area (TPSA) is 61.6 Å². The summed E-state index contributed by atoms with van der Waals surface area (Å²) in [5, 5.41) is 12.9. The Balaban J connectivity index is 2.34. The van der Waals surface area contributed by atoms with Gasteiger partial charge in [0.05, 0.1) is 17.5 Å². The first-order valence-corrected chi connectivity index (χ1v) is 5.55. The molecule has 0 saturated carbocycles. The quantitative estimate of drug-likeness (QED) is 0.873. The van der Waals surface area contributed by atoms with Crippen LogP contribution in [0.4, 0.5) is 5.82 Å². The van der Waals surface area contributed by atoms with Gasteiger partial charge in [-0.1, -0.05) is 11.6 Å². The third kappa shape index (κ3) is 2.51. The molecule has 0 radical (unpaired) electrons. The molecule has 0 bridgehead atoms. The Morgan fingerprint density at radius 1 is 1.41 bits per heavy atom. The third-order valence-electron chi connectivity index (χ3n) is 2.59. The number of nitrogens with zero attached hydrogens (tertiary/aromatic N) is 3. The minimum atomic E-state index is -0.0372. The standard InChI is InChI=1S/C13H14N4/c1-9-3-4-12-11(5-9)13(17-8-16-12)15-7-10(2)6-14/h3-5,8,10H,7H2,1-2H3,(H,15,16,17). The maximum atomic E-state index is 8.75. The van der Waals surface area contributed by atoms with E-state index in [9.17, 15) is 0 Å².